The number of Topliss-reactive ketones (excluding diaryl/α,β-unsaturated/α-hetero) is 1. The lowest BCUT2D eigenvalue weighted by Crippen LogP contribution is -2.63. The molecule has 0 bridgehead atoms. The fourth-order valence-electron chi connectivity index (χ4n) is 12.0. The van der Waals surface area contributed by atoms with Crippen molar-refractivity contribution in [3.63, 3.8) is 0 Å². The molecule has 1 saturated heterocycles. The van der Waals surface area contributed by atoms with Gasteiger partial charge in [-0.2, -0.15) is 0 Å². The Labute approximate surface area is 445 Å². The molecule has 5 aliphatic rings. The number of hydrogen-bond acceptors (Lipinski definition) is 14. The number of phosphoric acid groups is 1. The number of carbonyl (C=O) groups is 7. The summed E-state index contributed by atoms with van der Waals surface area (Å²) in [5, 5.41) is 26.5. The number of ether oxygens (including phenoxy) is 3. The number of allylic oxidation sites excluding steroid dienone is 4. The van der Waals surface area contributed by atoms with Crippen LogP contribution in [0.15, 0.2) is 89.8 Å². The molecule has 23 heteroatoms. The number of thiophene rings is 1. The van der Waals surface area contributed by atoms with E-state index in [1.807, 2.05) is 48.7 Å². The van der Waals surface area contributed by atoms with Gasteiger partial charge in [-0.3, -0.25) is 38.1 Å². The van der Waals surface area contributed by atoms with Crippen LogP contribution in [0.2, 0.25) is 0 Å². The number of fused-ring (bicyclic) bond motifs is 7. The van der Waals surface area contributed by atoms with E-state index in [2.05, 4.69) is 49.4 Å². The van der Waals surface area contributed by atoms with E-state index in [0.717, 1.165) is 27.8 Å². The number of benzene rings is 2. The van der Waals surface area contributed by atoms with Gasteiger partial charge in [-0.25, -0.2) is 4.57 Å². The smallest absolute Gasteiger partial charge is 0.393 e. The third kappa shape index (κ3) is 12.6. The highest BCUT2D eigenvalue weighted by atomic mass is 79.9. The van der Waals surface area contributed by atoms with Crippen molar-refractivity contribution >= 4 is 76.2 Å². The van der Waals surface area contributed by atoms with Gasteiger partial charge >= 0.3 is 7.82 Å². The third-order valence-electron chi connectivity index (χ3n) is 15.3. The van der Waals surface area contributed by atoms with Crippen molar-refractivity contribution in [3.05, 3.63) is 117 Å². The summed E-state index contributed by atoms with van der Waals surface area (Å²) in [6, 6.07) is 17.5. The van der Waals surface area contributed by atoms with Crippen LogP contribution in [0.4, 0.5) is 0 Å². The van der Waals surface area contributed by atoms with Crippen molar-refractivity contribution in [3.8, 4) is 0 Å². The Kier molecular flexibility index (Phi) is 17.6. The van der Waals surface area contributed by atoms with Crippen molar-refractivity contribution in [2.45, 2.75) is 89.1 Å². The first kappa shape index (κ1) is 56.0. The third-order valence-corrected chi connectivity index (χ3v) is 17.3. The molecule has 4 aliphatic carbocycles. The molecule has 0 spiro atoms. The van der Waals surface area contributed by atoms with Crippen molar-refractivity contribution < 1.29 is 71.8 Å². The summed E-state index contributed by atoms with van der Waals surface area (Å²) in [6.45, 7) is 1.86. The number of rotatable bonds is 22. The molecule has 8 N–H and O–H groups in total. The Bertz CT molecular complexity index is 2790. The molecule has 0 radical (unpaired) electrons. The van der Waals surface area contributed by atoms with Crippen molar-refractivity contribution in [1.29, 1.82) is 0 Å². The fraction of sp³-hybridized carbons (Fsp3) is 0.481. The van der Waals surface area contributed by atoms with E-state index in [0.29, 0.717) is 30.6 Å². The van der Waals surface area contributed by atoms with Crippen molar-refractivity contribution in [1.82, 2.24) is 26.6 Å². The molecule has 4 fully saturated rings. The molecule has 3 saturated carbocycles. The van der Waals surface area contributed by atoms with Crippen LogP contribution in [-0.2, 0) is 76.3 Å². The minimum Gasteiger partial charge on any atom is -0.393 e. The SMILES string of the molecule is C[C@]12C=CC(=O)C=C1CC[C@@H]1[C@@H]2[C@@H](O)C[C@@]2(C)[C@H]1C[C@H]1O[C@@H](c3cc(Cc4cccc(COCNC(=O)CNC(=O)[C@H](Cc5ccccc5)NC(=O)CNC(=O)CNC(=O)CBr)c4)cs3)O[C@]12C(=O)COP(=O)(O)O. The van der Waals surface area contributed by atoms with Crippen LogP contribution in [0.1, 0.15) is 73.0 Å². The van der Waals surface area contributed by atoms with Gasteiger partial charge in [-0.15, -0.1) is 11.3 Å². The number of halogens is 1. The first-order valence-corrected chi connectivity index (χ1v) is 28.1. The van der Waals surface area contributed by atoms with Crippen molar-refractivity contribution in [2.24, 2.45) is 28.6 Å². The molecule has 3 aromatic rings. The molecule has 5 amide bonds. The molecule has 2 heterocycles. The van der Waals surface area contributed by atoms with Gasteiger partial charge in [-0.1, -0.05) is 96.0 Å². The number of ketones is 2. The fourth-order valence-corrected chi connectivity index (χ4v) is 13.4. The van der Waals surface area contributed by atoms with Crippen LogP contribution in [-0.4, -0.2) is 118 Å². The van der Waals surface area contributed by atoms with Gasteiger partial charge < -0.3 is 55.7 Å². The van der Waals surface area contributed by atoms with E-state index in [9.17, 15) is 53.0 Å². The molecule has 2 aromatic carbocycles. The minimum absolute atomic E-state index is 0.0138. The normalized spacial score (nSPS) is 27.9. The quantitative estimate of drug-likeness (QED) is 0.0311. The zero-order valence-electron chi connectivity index (χ0n) is 41.3. The first-order chi connectivity index (χ1) is 35.7. The summed E-state index contributed by atoms with van der Waals surface area (Å²) in [7, 11) is -5.04. The standard InChI is InChI=1S/C52H61BrN5O15PS/c1-50-14-13-35(59)19-34(50)11-12-36-37-20-42-52(41(61)27-71-74(67,68)69,51(37,2)21-39(60)47(36)50)73-49(72-42)40-18-33(28-75-40)16-31-9-6-10-32(15-31)26-70-29-57-45(64)24-56-48(66)38(17-30-7-4-3-5-8-30)58-46(65)25-55-44(63)23-54-43(62)22-53/h3-10,13-15,18-19,28,36-39,42,47,49,60H,11-12,16-17,20-27,29H2,1-2H3,(H,54,62)(H,55,63)(H,56,66)(H,57,64)(H,58,65)(H2,67,68,69)/t36-,37-,38-,39-,42+,47+,49+,50-,51-,52+/m0/s1. The van der Waals surface area contributed by atoms with Gasteiger partial charge in [0.25, 0.3) is 0 Å². The van der Waals surface area contributed by atoms with Crippen LogP contribution >= 0.6 is 35.1 Å². The maximum absolute atomic E-state index is 14.5. The van der Waals surface area contributed by atoms with E-state index in [4.69, 9.17) is 18.7 Å². The highest BCUT2D eigenvalue weighted by molar-refractivity contribution is 9.09. The van der Waals surface area contributed by atoms with Crippen LogP contribution in [0.25, 0.3) is 0 Å². The lowest BCUT2D eigenvalue weighted by atomic mass is 9.46. The number of nitrogens with one attached hydrogen (secondary N) is 5. The molecular formula is C52H61BrN5O15PS. The van der Waals surface area contributed by atoms with Crippen LogP contribution in [0.3, 0.4) is 0 Å². The number of amides is 5. The van der Waals surface area contributed by atoms with E-state index in [1.54, 1.807) is 42.5 Å². The van der Waals surface area contributed by atoms with E-state index < -0.39 is 104 Å². The monoisotopic (exact) mass is 1140 g/mol. The largest absolute Gasteiger partial charge is 0.470 e. The van der Waals surface area contributed by atoms with Gasteiger partial charge in [0, 0.05) is 23.2 Å². The molecule has 20 nitrogen and oxygen atoms in total. The number of aliphatic hydroxyl groups excluding tert-OH is 1. The molecule has 8 rings (SSSR count). The molecule has 0 unspecified atom stereocenters. The van der Waals surface area contributed by atoms with E-state index in [1.165, 1.54) is 11.3 Å². The summed E-state index contributed by atoms with van der Waals surface area (Å²) >= 11 is 4.37. The predicted molar refractivity (Wildman–Crippen MR) is 274 cm³/mol. The molecule has 75 heavy (non-hydrogen) atoms. The zero-order chi connectivity index (χ0) is 53.7. The topological polar surface area (TPSA) is 294 Å². The summed E-state index contributed by atoms with van der Waals surface area (Å²) < 4.78 is 35.9. The molecule has 1 aliphatic heterocycles. The van der Waals surface area contributed by atoms with Gasteiger partial charge in [-0.05, 0) is 89.8 Å². The maximum Gasteiger partial charge on any atom is 0.470 e. The van der Waals surface area contributed by atoms with E-state index >= 15 is 0 Å². The Hall–Kier alpha value is -5.26. The summed E-state index contributed by atoms with van der Waals surface area (Å²) in [5.41, 5.74) is 1.20. The average molecular weight is 1140 g/mol. The van der Waals surface area contributed by atoms with Crippen LogP contribution < -0.4 is 26.6 Å². The van der Waals surface area contributed by atoms with Gasteiger partial charge in [0.05, 0.1) is 48.7 Å². The lowest BCUT2D eigenvalue weighted by molar-refractivity contribution is -0.200. The second-order valence-electron chi connectivity index (χ2n) is 20.1. The number of phosphoric ester groups is 1. The van der Waals surface area contributed by atoms with Crippen molar-refractivity contribution in [2.75, 3.05) is 38.3 Å². The van der Waals surface area contributed by atoms with Gasteiger partial charge in [0.1, 0.15) is 19.4 Å². The summed E-state index contributed by atoms with van der Waals surface area (Å²) in [6.07, 6.45) is 4.99. The number of aliphatic hydroxyl groups is 1. The molecular weight excluding hydrogens is 1080 g/mol. The van der Waals surface area contributed by atoms with Crippen LogP contribution in [0.5, 0.6) is 0 Å². The van der Waals surface area contributed by atoms with E-state index in [-0.39, 0.29) is 61.6 Å². The van der Waals surface area contributed by atoms with Crippen LogP contribution in [0, 0.1) is 28.6 Å². The second-order valence-corrected chi connectivity index (χ2v) is 22.8. The predicted octanol–water partition coefficient (Wildman–Crippen LogP) is 3.12. The lowest BCUT2D eigenvalue weighted by Gasteiger charge is -2.59. The molecule has 10 atom stereocenters. The Morgan fingerprint density at radius 1 is 0.893 bits per heavy atom. The number of alkyl halides is 1. The Morgan fingerprint density at radius 2 is 1.60 bits per heavy atom. The molecule has 1 aromatic heterocycles. The number of hydrogen-bond donors (Lipinski definition) is 8. The Morgan fingerprint density at radius 3 is 2.36 bits per heavy atom. The first-order valence-electron chi connectivity index (χ1n) is 24.6. The summed E-state index contributed by atoms with van der Waals surface area (Å²) in [5.74, 6) is -4.01. The minimum atomic E-state index is -5.04. The number of carbonyl (C=O) groups excluding carboxylic acids is 7. The zero-order valence-corrected chi connectivity index (χ0v) is 44.6. The maximum atomic E-state index is 14.5. The van der Waals surface area contributed by atoms with Gasteiger partial charge in [0.15, 0.2) is 23.5 Å². The second kappa shape index (κ2) is 23.5. The molecule has 402 valence electrons. The summed E-state index contributed by atoms with van der Waals surface area (Å²) in [4.78, 5) is 109. The van der Waals surface area contributed by atoms with Gasteiger partial charge in [0.2, 0.25) is 29.5 Å². The highest BCUT2D eigenvalue weighted by Gasteiger charge is 2.76. The average Bonchev–Trinajstić information content (AvgIpc) is 4.26. The Balaban J connectivity index is 0.839. The highest BCUT2D eigenvalue weighted by Crippen LogP contribution is 2.70.